The number of rotatable bonds is 21. The van der Waals surface area contributed by atoms with Crippen molar-refractivity contribution in [3.8, 4) is 16.9 Å². The maximum absolute atomic E-state index is 13.4. The Morgan fingerprint density at radius 2 is 1.70 bits per heavy atom. The number of aromatic nitrogens is 1. The molecule has 0 aliphatic heterocycles. The minimum atomic E-state index is -1.82. The van der Waals surface area contributed by atoms with Crippen LogP contribution in [0.3, 0.4) is 0 Å². The van der Waals surface area contributed by atoms with E-state index < -0.39 is 31.0 Å². The second-order valence-corrected chi connectivity index (χ2v) is 15.4. The topological polar surface area (TPSA) is 176 Å². The molecule has 1 unspecified atom stereocenters. The van der Waals surface area contributed by atoms with Crippen LogP contribution in [-0.4, -0.2) is 116 Å². The molecule has 1 aromatic heterocycles. The Balaban J connectivity index is 1.20. The van der Waals surface area contributed by atoms with Gasteiger partial charge in [-0.1, -0.05) is 48.9 Å². The molecule has 54 heavy (non-hydrogen) atoms. The Bertz CT molecular complexity index is 1720. The Labute approximate surface area is 322 Å². The highest BCUT2D eigenvalue weighted by Gasteiger charge is 2.46. The molecule has 2 aromatic carbocycles. The van der Waals surface area contributed by atoms with Crippen LogP contribution in [0.4, 0.5) is 0 Å². The highest BCUT2D eigenvalue weighted by atomic mass is 35.5. The van der Waals surface area contributed by atoms with Gasteiger partial charge in [0.2, 0.25) is 11.8 Å². The van der Waals surface area contributed by atoms with Gasteiger partial charge in [0, 0.05) is 75.1 Å². The lowest BCUT2D eigenvalue weighted by Crippen LogP contribution is -2.51. The number of ether oxygens (including phenoxy) is 1. The molecule has 2 saturated carbocycles. The van der Waals surface area contributed by atoms with Gasteiger partial charge in [0.05, 0.1) is 12.7 Å². The van der Waals surface area contributed by atoms with Crippen molar-refractivity contribution in [1.82, 2.24) is 20.1 Å². The molecule has 0 saturated heterocycles. The molecule has 3 aromatic rings. The molecule has 0 bridgehead atoms. The third-order valence-electron chi connectivity index (χ3n) is 10.5. The van der Waals surface area contributed by atoms with Gasteiger partial charge in [-0.15, -0.1) is 0 Å². The molecule has 5 atom stereocenters. The van der Waals surface area contributed by atoms with E-state index >= 15 is 0 Å². The maximum Gasteiger partial charge on any atom is 0.223 e. The number of nitrogens with one attached hydrogen (secondary N) is 1. The second kappa shape index (κ2) is 18.8. The molecule has 12 nitrogen and oxygen atoms in total. The number of amides is 2. The lowest BCUT2D eigenvalue weighted by molar-refractivity contribution is -0.141. The standard InChI is InChI=1S/C41H55ClN4O8/c1-26(7-6-10-38(51)46(20-16-37(50)45(2)3)24-34(48)39(52)40(53)35(49)25-47)27-11-14-33(42)28(21-27)22-44-41(17-18-41)32-23-43-19-15-30(32)31-8-4-5-9-36(31)54-29-12-13-29/h4-5,8-9,11,14-15,19,21,23,26,29,34-35,39-40,44,47-49,52-53H,6-7,10,12-13,16-18,20,22,24-25H2,1-3H3/t26?,34-,35+,39+,40+/m0/s1. The van der Waals surface area contributed by atoms with Gasteiger partial charge >= 0.3 is 0 Å². The highest BCUT2D eigenvalue weighted by molar-refractivity contribution is 6.31. The lowest BCUT2D eigenvalue weighted by Gasteiger charge is -2.30. The van der Waals surface area contributed by atoms with E-state index in [1.165, 1.54) is 9.80 Å². The number of hydrogen-bond acceptors (Lipinski definition) is 10. The van der Waals surface area contributed by atoms with Gasteiger partial charge < -0.3 is 45.4 Å². The summed E-state index contributed by atoms with van der Waals surface area (Å²) in [4.78, 5) is 32.9. The Morgan fingerprint density at radius 3 is 2.39 bits per heavy atom. The molecule has 13 heteroatoms. The Morgan fingerprint density at radius 1 is 0.981 bits per heavy atom. The van der Waals surface area contributed by atoms with E-state index in [-0.39, 0.29) is 55.3 Å². The Kier molecular flexibility index (Phi) is 14.5. The van der Waals surface area contributed by atoms with Gasteiger partial charge in [-0.2, -0.15) is 0 Å². The van der Waals surface area contributed by atoms with Crippen molar-refractivity contribution in [2.45, 2.75) is 107 Å². The summed E-state index contributed by atoms with van der Waals surface area (Å²) in [5.74, 6) is 0.470. The molecule has 0 radical (unpaired) electrons. The van der Waals surface area contributed by atoms with Crippen LogP contribution in [0.2, 0.25) is 5.02 Å². The zero-order valence-electron chi connectivity index (χ0n) is 31.4. The zero-order chi connectivity index (χ0) is 39.0. The number of halogens is 1. The number of carbonyl (C=O) groups excluding carboxylic acids is 2. The molecular weight excluding hydrogens is 712 g/mol. The number of benzene rings is 2. The summed E-state index contributed by atoms with van der Waals surface area (Å²) >= 11 is 6.73. The first-order valence-corrected chi connectivity index (χ1v) is 19.3. The predicted molar refractivity (Wildman–Crippen MR) is 206 cm³/mol. The average molecular weight is 767 g/mol. The summed E-state index contributed by atoms with van der Waals surface area (Å²) in [6.45, 7) is 1.49. The molecule has 5 rings (SSSR count). The van der Waals surface area contributed by atoms with Crippen molar-refractivity contribution in [2.75, 3.05) is 33.8 Å². The fourth-order valence-corrected chi connectivity index (χ4v) is 6.87. The third-order valence-corrected chi connectivity index (χ3v) is 10.9. The van der Waals surface area contributed by atoms with E-state index in [0.29, 0.717) is 24.4 Å². The summed E-state index contributed by atoms with van der Waals surface area (Å²) in [5.41, 5.74) is 5.15. The fourth-order valence-electron chi connectivity index (χ4n) is 6.69. The van der Waals surface area contributed by atoms with Crippen molar-refractivity contribution >= 4 is 23.4 Å². The monoisotopic (exact) mass is 766 g/mol. The third kappa shape index (κ3) is 10.8. The average Bonchev–Trinajstić information content (AvgIpc) is 4.12. The van der Waals surface area contributed by atoms with E-state index in [9.17, 15) is 30.0 Å². The molecular formula is C41H55ClN4O8. The molecule has 294 valence electrons. The summed E-state index contributed by atoms with van der Waals surface area (Å²) in [6, 6.07) is 16.3. The van der Waals surface area contributed by atoms with Crippen LogP contribution >= 0.6 is 11.6 Å². The maximum atomic E-state index is 13.4. The van der Waals surface area contributed by atoms with Crippen molar-refractivity contribution in [2.24, 2.45) is 0 Å². The molecule has 6 N–H and O–H groups in total. The minimum Gasteiger partial charge on any atom is -0.490 e. The van der Waals surface area contributed by atoms with Gasteiger partial charge in [-0.25, -0.2) is 0 Å². The summed E-state index contributed by atoms with van der Waals surface area (Å²) in [6.07, 6.45) is 2.63. The van der Waals surface area contributed by atoms with Crippen LogP contribution in [0, 0.1) is 0 Å². The van der Waals surface area contributed by atoms with Gasteiger partial charge in [0.1, 0.15) is 30.2 Å². The smallest absolute Gasteiger partial charge is 0.223 e. The van der Waals surface area contributed by atoms with Gasteiger partial charge in [-0.05, 0) is 84.9 Å². The molecule has 0 spiro atoms. The SMILES string of the molecule is CC(CCCC(=O)N(CCC(=O)N(C)C)C[C@H](O)[C@@H](O)[C@H](O)[C@H](O)CO)c1ccc(Cl)c(CNC2(c3cnccc3-c3ccccc3OC3CC3)CC2)c1. The quantitative estimate of drug-likeness (QED) is 0.0938. The van der Waals surface area contributed by atoms with Gasteiger partial charge in [0.25, 0.3) is 0 Å². The zero-order valence-corrected chi connectivity index (χ0v) is 32.2. The van der Waals surface area contributed by atoms with Crippen LogP contribution in [0.25, 0.3) is 11.1 Å². The van der Waals surface area contributed by atoms with Crippen LogP contribution in [0.15, 0.2) is 60.9 Å². The fraction of sp³-hybridized carbons (Fsp3) is 0.537. The van der Waals surface area contributed by atoms with Crippen LogP contribution in [0.5, 0.6) is 5.75 Å². The summed E-state index contributed by atoms with van der Waals surface area (Å²) in [7, 11) is 3.21. The van der Waals surface area contributed by atoms with E-state index in [4.69, 9.17) is 21.4 Å². The number of nitrogens with zero attached hydrogens (tertiary/aromatic N) is 3. The van der Waals surface area contributed by atoms with Crippen LogP contribution in [-0.2, 0) is 21.7 Å². The van der Waals surface area contributed by atoms with Crippen LogP contribution in [0.1, 0.15) is 80.9 Å². The van der Waals surface area contributed by atoms with Gasteiger partial charge in [-0.3, -0.25) is 14.6 Å². The van der Waals surface area contributed by atoms with Crippen molar-refractivity contribution in [3.05, 3.63) is 82.6 Å². The van der Waals surface area contributed by atoms with Crippen LogP contribution < -0.4 is 10.1 Å². The van der Waals surface area contributed by atoms with E-state index in [2.05, 4.69) is 35.4 Å². The van der Waals surface area contributed by atoms with Gasteiger partial charge in [0.15, 0.2) is 0 Å². The molecule has 1 heterocycles. The minimum absolute atomic E-state index is 0.00412. The molecule has 2 fully saturated rings. The normalized spacial score (nSPS) is 17.6. The Hall–Kier alpha value is -3.62. The first kappa shape index (κ1) is 41.5. The van der Waals surface area contributed by atoms with E-state index in [0.717, 1.165) is 59.3 Å². The first-order chi connectivity index (χ1) is 25.8. The number of carbonyl (C=O) groups is 2. The summed E-state index contributed by atoms with van der Waals surface area (Å²) < 4.78 is 6.27. The number of aliphatic hydroxyl groups excluding tert-OH is 5. The van der Waals surface area contributed by atoms with Crippen molar-refractivity contribution < 1.29 is 39.9 Å². The van der Waals surface area contributed by atoms with Crippen molar-refractivity contribution in [1.29, 1.82) is 0 Å². The number of aliphatic hydroxyl groups is 5. The highest BCUT2D eigenvalue weighted by Crippen LogP contribution is 2.50. The molecule has 2 aliphatic rings. The van der Waals surface area contributed by atoms with Crippen molar-refractivity contribution in [3.63, 3.8) is 0 Å². The number of hydrogen-bond donors (Lipinski definition) is 6. The lowest BCUT2D eigenvalue weighted by atomic mass is 9.93. The number of para-hydroxylation sites is 1. The molecule has 2 aliphatic carbocycles. The summed E-state index contributed by atoms with van der Waals surface area (Å²) in [5, 5.41) is 54.3. The van der Waals surface area contributed by atoms with E-state index in [1.807, 2.05) is 42.7 Å². The molecule has 2 amide bonds. The van der Waals surface area contributed by atoms with E-state index in [1.54, 1.807) is 14.1 Å². The largest absolute Gasteiger partial charge is 0.490 e. The number of pyridine rings is 1. The first-order valence-electron chi connectivity index (χ1n) is 18.9. The second-order valence-electron chi connectivity index (χ2n) is 15.0. The predicted octanol–water partition coefficient (Wildman–Crippen LogP) is 3.74.